The largest absolute Gasteiger partial charge is 0.403 e. The van der Waals surface area contributed by atoms with Crippen molar-refractivity contribution >= 4 is 12.4 Å². The summed E-state index contributed by atoms with van der Waals surface area (Å²) < 4.78 is 37.4. The van der Waals surface area contributed by atoms with Crippen molar-refractivity contribution in [2.45, 2.75) is 45.8 Å². The van der Waals surface area contributed by atoms with Gasteiger partial charge < -0.3 is 5.32 Å². The Kier molecular flexibility index (Phi) is 8.20. The highest BCUT2D eigenvalue weighted by atomic mass is 35.5. The fraction of sp³-hybridized carbons (Fsp3) is 0.421. The van der Waals surface area contributed by atoms with E-state index in [1.165, 1.54) is 0 Å². The fourth-order valence-corrected chi connectivity index (χ4v) is 2.43. The zero-order valence-electron chi connectivity index (χ0n) is 15.4. The molecule has 0 aliphatic carbocycles. The highest BCUT2D eigenvalue weighted by Crippen LogP contribution is 2.22. The first-order valence-corrected chi connectivity index (χ1v) is 8.36. The molecule has 1 N–H and O–H groups in total. The van der Waals surface area contributed by atoms with Crippen LogP contribution in [0.15, 0.2) is 24.3 Å². The van der Waals surface area contributed by atoms with Gasteiger partial charge in [-0.1, -0.05) is 12.1 Å². The van der Waals surface area contributed by atoms with Crippen molar-refractivity contribution in [2.75, 3.05) is 6.54 Å². The van der Waals surface area contributed by atoms with Crippen molar-refractivity contribution in [1.29, 1.82) is 5.26 Å². The molecule has 2 aromatic rings. The third-order valence-electron chi connectivity index (χ3n) is 4.23. The van der Waals surface area contributed by atoms with Crippen LogP contribution >= 0.6 is 12.4 Å². The predicted molar refractivity (Wildman–Crippen MR) is 101 cm³/mol. The first-order valence-electron chi connectivity index (χ1n) is 8.36. The van der Waals surface area contributed by atoms with Crippen molar-refractivity contribution in [2.24, 2.45) is 0 Å². The van der Waals surface area contributed by atoms with Gasteiger partial charge in [-0.15, -0.1) is 12.4 Å². The monoisotopic (exact) mass is 398 g/mol. The number of nitriles is 1. The van der Waals surface area contributed by atoms with E-state index in [0.717, 1.165) is 23.6 Å². The maximum Gasteiger partial charge on any atom is 0.403 e. The summed E-state index contributed by atoms with van der Waals surface area (Å²) in [6.45, 7) is 5.32. The van der Waals surface area contributed by atoms with E-state index in [-0.39, 0.29) is 24.8 Å². The third kappa shape index (κ3) is 6.49. The van der Waals surface area contributed by atoms with E-state index in [4.69, 9.17) is 5.26 Å². The smallest absolute Gasteiger partial charge is 0.306 e. The Balaban J connectivity index is 0.00000364. The maximum absolute atomic E-state index is 12.5. The van der Waals surface area contributed by atoms with E-state index < -0.39 is 12.2 Å². The van der Waals surface area contributed by atoms with Gasteiger partial charge in [-0.25, -0.2) is 9.97 Å². The molecule has 27 heavy (non-hydrogen) atoms. The highest BCUT2D eigenvalue weighted by molar-refractivity contribution is 5.85. The molecule has 1 aromatic carbocycles. The number of hydrogen-bond donors (Lipinski definition) is 1. The third-order valence-corrected chi connectivity index (χ3v) is 4.23. The molecule has 0 bridgehead atoms. The Morgan fingerprint density at radius 1 is 1.15 bits per heavy atom. The second-order valence-corrected chi connectivity index (χ2v) is 6.30. The van der Waals surface area contributed by atoms with E-state index in [2.05, 4.69) is 15.3 Å². The van der Waals surface area contributed by atoms with Crippen molar-refractivity contribution in [3.8, 4) is 17.3 Å². The molecule has 8 heteroatoms. The molecule has 0 aliphatic rings. The molecular formula is C19H22ClF3N4. The summed E-state index contributed by atoms with van der Waals surface area (Å²) in [5.74, 6) is 0.0624. The number of halogens is 4. The minimum Gasteiger partial charge on any atom is -0.306 e. The second kappa shape index (κ2) is 9.67. The van der Waals surface area contributed by atoms with Crippen LogP contribution in [-0.2, 0) is 6.42 Å². The number of nitrogens with zero attached hydrogens (tertiary/aromatic N) is 3. The van der Waals surface area contributed by atoms with Gasteiger partial charge in [0.05, 0.1) is 5.69 Å². The van der Waals surface area contributed by atoms with Crippen molar-refractivity contribution in [3.63, 3.8) is 0 Å². The Morgan fingerprint density at radius 3 is 2.44 bits per heavy atom. The molecule has 1 atom stereocenters. The van der Waals surface area contributed by atoms with Crippen LogP contribution < -0.4 is 5.32 Å². The normalized spacial score (nSPS) is 12.2. The van der Waals surface area contributed by atoms with Gasteiger partial charge in [0.1, 0.15) is 12.1 Å². The molecular weight excluding hydrogens is 377 g/mol. The number of nitrogens with one attached hydrogen (secondary N) is 1. The van der Waals surface area contributed by atoms with Gasteiger partial charge in [-0.05, 0) is 63.4 Å². The summed E-state index contributed by atoms with van der Waals surface area (Å²) in [6, 6.07) is 8.10. The molecule has 4 nitrogen and oxygen atoms in total. The van der Waals surface area contributed by atoms with Crippen LogP contribution in [0.1, 0.15) is 36.0 Å². The first-order chi connectivity index (χ1) is 12.2. The molecule has 1 heterocycles. The standard InChI is InChI=1S/C19H21F3N4.ClH/c1-12-6-7-15(9-13(12)2)17-10-16(25-18(11-23)26-17)5-4-8-24-14(3)19(20,21)22;/h6-7,9-10,14,24H,4-5,8H2,1-3H3;1H. The average molecular weight is 399 g/mol. The molecule has 0 aliphatic heterocycles. The molecule has 0 spiro atoms. The molecule has 0 radical (unpaired) electrons. The van der Waals surface area contributed by atoms with Gasteiger partial charge in [0.25, 0.3) is 0 Å². The van der Waals surface area contributed by atoms with Crippen LogP contribution in [0.4, 0.5) is 13.2 Å². The number of alkyl halides is 3. The molecule has 0 amide bonds. The van der Waals surface area contributed by atoms with Crippen molar-refractivity contribution in [1.82, 2.24) is 15.3 Å². The lowest BCUT2D eigenvalue weighted by Gasteiger charge is -2.16. The Hall–Kier alpha value is -2.17. The quantitative estimate of drug-likeness (QED) is 0.726. The summed E-state index contributed by atoms with van der Waals surface area (Å²) in [5.41, 5.74) is 4.45. The molecule has 0 saturated heterocycles. The van der Waals surface area contributed by atoms with E-state index >= 15 is 0 Å². The predicted octanol–water partition coefficient (Wildman–Crippen LogP) is 4.53. The van der Waals surface area contributed by atoms with Gasteiger partial charge in [-0.3, -0.25) is 0 Å². The summed E-state index contributed by atoms with van der Waals surface area (Å²) in [4.78, 5) is 8.41. The molecule has 146 valence electrons. The Labute approximate surface area is 163 Å². The summed E-state index contributed by atoms with van der Waals surface area (Å²) in [5, 5.41) is 11.6. The first kappa shape index (κ1) is 22.9. The average Bonchev–Trinajstić information content (AvgIpc) is 2.59. The Bertz CT molecular complexity index is 816. The van der Waals surface area contributed by atoms with E-state index in [1.54, 1.807) is 6.07 Å². The molecule has 1 unspecified atom stereocenters. The zero-order chi connectivity index (χ0) is 19.3. The zero-order valence-corrected chi connectivity index (χ0v) is 16.2. The van der Waals surface area contributed by atoms with Crippen LogP contribution in [0, 0.1) is 25.2 Å². The maximum atomic E-state index is 12.5. The van der Waals surface area contributed by atoms with Crippen LogP contribution in [-0.4, -0.2) is 28.7 Å². The number of hydrogen-bond acceptors (Lipinski definition) is 4. The molecule has 1 aromatic heterocycles. The highest BCUT2D eigenvalue weighted by Gasteiger charge is 2.35. The van der Waals surface area contributed by atoms with Gasteiger partial charge in [0.15, 0.2) is 0 Å². The van der Waals surface area contributed by atoms with Crippen LogP contribution in [0.3, 0.4) is 0 Å². The number of benzene rings is 1. The van der Waals surface area contributed by atoms with Crippen LogP contribution in [0.25, 0.3) is 11.3 Å². The summed E-state index contributed by atoms with van der Waals surface area (Å²) in [7, 11) is 0. The summed E-state index contributed by atoms with van der Waals surface area (Å²) >= 11 is 0. The van der Waals surface area contributed by atoms with Crippen LogP contribution in [0.5, 0.6) is 0 Å². The Morgan fingerprint density at radius 2 is 1.85 bits per heavy atom. The van der Waals surface area contributed by atoms with Crippen molar-refractivity contribution in [3.05, 3.63) is 46.9 Å². The lowest BCUT2D eigenvalue weighted by Crippen LogP contribution is -2.40. The molecule has 0 fully saturated rings. The van der Waals surface area contributed by atoms with Gasteiger partial charge >= 0.3 is 6.18 Å². The SMILES string of the molecule is Cc1ccc(-c2cc(CCCNC(C)C(F)(F)F)nc(C#N)n2)cc1C.Cl. The number of rotatable bonds is 6. The fourth-order valence-electron chi connectivity index (χ4n) is 2.43. The summed E-state index contributed by atoms with van der Waals surface area (Å²) in [6.07, 6.45) is -3.30. The minimum absolute atomic E-state index is 0. The second-order valence-electron chi connectivity index (χ2n) is 6.30. The van der Waals surface area contributed by atoms with Gasteiger partial charge in [-0.2, -0.15) is 18.4 Å². The number of aromatic nitrogens is 2. The van der Waals surface area contributed by atoms with Crippen LogP contribution in [0.2, 0.25) is 0 Å². The molecule has 0 saturated carbocycles. The minimum atomic E-state index is -4.25. The topological polar surface area (TPSA) is 61.6 Å². The molecule has 2 rings (SSSR count). The van der Waals surface area contributed by atoms with E-state index in [1.807, 2.05) is 38.1 Å². The van der Waals surface area contributed by atoms with Crippen molar-refractivity contribution < 1.29 is 13.2 Å². The van der Waals surface area contributed by atoms with E-state index in [9.17, 15) is 13.2 Å². The lowest BCUT2D eigenvalue weighted by atomic mass is 10.0. The van der Waals surface area contributed by atoms with Gasteiger partial charge in [0.2, 0.25) is 5.82 Å². The lowest BCUT2D eigenvalue weighted by molar-refractivity contribution is -0.151. The number of aryl methyl sites for hydroxylation is 3. The van der Waals surface area contributed by atoms with E-state index in [0.29, 0.717) is 24.2 Å². The van der Waals surface area contributed by atoms with Gasteiger partial charge in [0, 0.05) is 11.3 Å².